The highest BCUT2D eigenvalue weighted by Crippen LogP contribution is 2.36. The maximum atomic E-state index is 4.35. The first-order chi connectivity index (χ1) is 8.70. The van der Waals surface area contributed by atoms with Crippen LogP contribution in [0, 0.1) is 11.8 Å². The van der Waals surface area contributed by atoms with E-state index in [-0.39, 0.29) is 0 Å². The Balaban J connectivity index is 1.73. The van der Waals surface area contributed by atoms with Crippen molar-refractivity contribution in [2.24, 2.45) is 16.8 Å². The summed E-state index contributed by atoms with van der Waals surface area (Å²) in [6, 6.07) is 4.31. The third kappa shape index (κ3) is 3.73. The van der Waals surface area contributed by atoms with E-state index in [1.165, 1.54) is 11.3 Å². The first-order valence-electron chi connectivity index (χ1n) is 6.65. The molecule has 0 aromatic carbocycles. The molecule has 1 aromatic heterocycles. The number of nitrogens with zero attached hydrogens (tertiary/aromatic N) is 2. The molecular weight excluding hydrogens is 242 g/mol. The van der Waals surface area contributed by atoms with E-state index in [1.807, 2.05) is 18.4 Å². The molecule has 1 N–H and O–H groups in total. The van der Waals surface area contributed by atoms with E-state index in [9.17, 15) is 0 Å². The van der Waals surface area contributed by atoms with Gasteiger partial charge in [-0.05, 0) is 36.1 Å². The molecule has 4 heteroatoms. The van der Waals surface area contributed by atoms with Gasteiger partial charge in [0, 0.05) is 32.1 Å². The van der Waals surface area contributed by atoms with Crippen molar-refractivity contribution in [1.29, 1.82) is 0 Å². The number of nitrogens with one attached hydrogen (secondary N) is 1. The van der Waals surface area contributed by atoms with Gasteiger partial charge >= 0.3 is 0 Å². The van der Waals surface area contributed by atoms with Crippen LogP contribution in [0.1, 0.15) is 18.2 Å². The summed E-state index contributed by atoms with van der Waals surface area (Å²) in [6.07, 6.45) is 2.46. The van der Waals surface area contributed by atoms with Crippen molar-refractivity contribution in [2.45, 2.75) is 19.8 Å². The summed E-state index contributed by atoms with van der Waals surface area (Å²) >= 11 is 1.83. The maximum Gasteiger partial charge on any atom is 0.193 e. The van der Waals surface area contributed by atoms with Gasteiger partial charge in [0.2, 0.25) is 0 Å². The zero-order valence-corrected chi connectivity index (χ0v) is 12.3. The highest BCUT2D eigenvalue weighted by Gasteiger charge is 2.32. The standard InChI is InChI=1S/C14H23N3S/c1-11-9-12(11)10-16-14(15-2)17(3)7-6-13-5-4-8-18-13/h4-5,8,11-12H,6-7,9-10H2,1-3H3,(H,15,16). The largest absolute Gasteiger partial charge is 0.356 e. The SMILES string of the molecule is CN=C(NCC1CC1C)N(C)CCc1cccs1. The van der Waals surface area contributed by atoms with Crippen LogP contribution in [0.4, 0.5) is 0 Å². The Morgan fingerprint density at radius 3 is 2.94 bits per heavy atom. The van der Waals surface area contributed by atoms with Gasteiger partial charge in [-0.1, -0.05) is 13.0 Å². The van der Waals surface area contributed by atoms with Crippen molar-refractivity contribution in [3.8, 4) is 0 Å². The lowest BCUT2D eigenvalue weighted by molar-refractivity contribution is 0.483. The normalized spacial score (nSPS) is 22.9. The Morgan fingerprint density at radius 2 is 2.39 bits per heavy atom. The van der Waals surface area contributed by atoms with Crippen molar-refractivity contribution in [1.82, 2.24) is 10.2 Å². The van der Waals surface area contributed by atoms with E-state index >= 15 is 0 Å². The minimum absolute atomic E-state index is 0.854. The average molecular weight is 265 g/mol. The van der Waals surface area contributed by atoms with Gasteiger partial charge in [0.15, 0.2) is 5.96 Å². The third-order valence-electron chi connectivity index (χ3n) is 3.65. The zero-order valence-electron chi connectivity index (χ0n) is 11.5. The summed E-state index contributed by atoms with van der Waals surface area (Å²) in [5.41, 5.74) is 0. The Hall–Kier alpha value is -1.03. The molecule has 1 aliphatic rings. The van der Waals surface area contributed by atoms with Crippen molar-refractivity contribution < 1.29 is 0 Å². The summed E-state index contributed by atoms with van der Waals surface area (Å²) < 4.78 is 0. The molecule has 2 rings (SSSR count). The summed E-state index contributed by atoms with van der Waals surface area (Å²) in [7, 11) is 3.97. The lowest BCUT2D eigenvalue weighted by atomic mass is 10.3. The highest BCUT2D eigenvalue weighted by molar-refractivity contribution is 7.09. The van der Waals surface area contributed by atoms with E-state index in [1.54, 1.807) is 0 Å². The van der Waals surface area contributed by atoms with Crippen LogP contribution >= 0.6 is 11.3 Å². The van der Waals surface area contributed by atoms with E-state index in [4.69, 9.17) is 0 Å². The monoisotopic (exact) mass is 265 g/mol. The molecule has 0 radical (unpaired) electrons. The van der Waals surface area contributed by atoms with Crippen molar-refractivity contribution in [3.05, 3.63) is 22.4 Å². The molecule has 1 heterocycles. The Morgan fingerprint density at radius 1 is 1.61 bits per heavy atom. The van der Waals surface area contributed by atoms with Crippen LogP contribution in [0.2, 0.25) is 0 Å². The fourth-order valence-electron chi connectivity index (χ4n) is 2.13. The number of hydrogen-bond acceptors (Lipinski definition) is 2. The molecule has 1 aliphatic carbocycles. The predicted octanol–water partition coefficient (Wildman–Crippen LogP) is 2.45. The molecule has 3 nitrogen and oxygen atoms in total. The van der Waals surface area contributed by atoms with Crippen LogP contribution in [0.3, 0.4) is 0 Å². The van der Waals surface area contributed by atoms with Crippen LogP contribution in [-0.4, -0.2) is 38.0 Å². The van der Waals surface area contributed by atoms with Gasteiger partial charge in [-0.2, -0.15) is 0 Å². The maximum absolute atomic E-state index is 4.35. The lowest BCUT2D eigenvalue weighted by Gasteiger charge is -2.21. The quantitative estimate of drug-likeness (QED) is 0.654. The topological polar surface area (TPSA) is 27.6 Å². The zero-order chi connectivity index (χ0) is 13.0. The predicted molar refractivity (Wildman–Crippen MR) is 79.3 cm³/mol. The highest BCUT2D eigenvalue weighted by atomic mass is 32.1. The van der Waals surface area contributed by atoms with Gasteiger partial charge in [-0.25, -0.2) is 0 Å². The molecule has 0 spiro atoms. The first kappa shape index (κ1) is 13.4. The van der Waals surface area contributed by atoms with Crippen molar-refractivity contribution >= 4 is 17.3 Å². The number of rotatable bonds is 5. The summed E-state index contributed by atoms with van der Waals surface area (Å²) in [6.45, 7) is 4.40. The second-order valence-electron chi connectivity index (χ2n) is 5.15. The Labute approximate surface area is 114 Å². The summed E-state index contributed by atoms with van der Waals surface area (Å²) in [5.74, 6) is 2.77. The molecule has 0 saturated heterocycles. The van der Waals surface area contributed by atoms with E-state index in [0.717, 1.165) is 37.3 Å². The van der Waals surface area contributed by atoms with Crippen molar-refractivity contribution in [2.75, 3.05) is 27.2 Å². The number of hydrogen-bond donors (Lipinski definition) is 1. The molecule has 0 aliphatic heterocycles. The minimum atomic E-state index is 0.854. The van der Waals surface area contributed by atoms with E-state index < -0.39 is 0 Å². The molecule has 1 fully saturated rings. The molecule has 0 bridgehead atoms. The van der Waals surface area contributed by atoms with Gasteiger partial charge in [-0.3, -0.25) is 4.99 Å². The smallest absolute Gasteiger partial charge is 0.193 e. The first-order valence-corrected chi connectivity index (χ1v) is 7.53. The van der Waals surface area contributed by atoms with Crippen LogP contribution in [-0.2, 0) is 6.42 Å². The molecule has 18 heavy (non-hydrogen) atoms. The average Bonchev–Trinajstić information content (AvgIpc) is 2.87. The van der Waals surface area contributed by atoms with Crippen LogP contribution < -0.4 is 5.32 Å². The lowest BCUT2D eigenvalue weighted by Crippen LogP contribution is -2.40. The van der Waals surface area contributed by atoms with Crippen LogP contribution in [0.25, 0.3) is 0 Å². The number of guanidine groups is 1. The number of thiophene rings is 1. The fraction of sp³-hybridized carbons (Fsp3) is 0.643. The van der Waals surface area contributed by atoms with Gasteiger partial charge in [-0.15, -0.1) is 11.3 Å². The molecule has 0 amide bonds. The molecule has 1 saturated carbocycles. The minimum Gasteiger partial charge on any atom is -0.356 e. The number of aliphatic imine (C=N–C) groups is 1. The molecule has 2 unspecified atom stereocenters. The van der Waals surface area contributed by atoms with Gasteiger partial charge < -0.3 is 10.2 Å². The van der Waals surface area contributed by atoms with E-state index in [0.29, 0.717) is 0 Å². The Kier molecular flexibility index (Phi) is 4.64. The molecule has 100 valence electrons. The van der Waals surface area contributed by atoms with Crippen LogP contribution in [0.15, 0.2) is 22.5 Å². The van der Waals surface area contributed by atoms with Gasteiger partial charge in [0.25, 0.3) is 0 Å². The molecule has 2 atom stereocenters. The van der Waals surface area contributed by atoms with Gasteiger partial charge in [0.05, 0.1) is 0 Å². The molecular formula is C14H23N3S. The number of likely N-dealkylation sites (N-methyl/N-ethyl adjacent to an activating group) is 1. The second kappa shape index (κ2) is 6.23. The second-order valence-corrected chi connectivity index (χ2v) is 6.18. The summed E-state index contributed by atoms with van der Waals surface area (Å²) in [5, 5.41) is 5.61. The van der Waals surface area contributed by atoms with Gasteiger partial charge in [0.1, 0.15) is 0 Å². The third-order valence-corrected chi connectivity index (χ3v) is 4.58. The van der Waals surface area contributed by atoms with E-state index in [2.05, 4.69) is 46.7 Å². The van der Waals surface area contributed by atoms with Crippen LogP contribution in [0.5, 0.6) is 0 Å². The molecule has 1 aromatic rings. The van der Waals surface area contributed by atoms with Crippen molar-refractivity contribution in [3.63, 3.8) is 0 Å². The fourth-order valence-corrected chi connectivity index (χ4v) is 2.83. The summed E-state index contributed by atoms with van der Waals surface area (Å²) in [4.78, 5) is 8.00. The Bertz CT molecular complexity index is 386.